The lowest BCUT2D eigenvalue weighted by Gasteiger charge is -2.11. The van der Waals surface area contributed by atoms with Crippen LogP contribution in [0, 0.1) is 13.8 Å². The molecule has 0 unspecified atom stereocenters. The second-order valence-electron chi connectivity index (χ2n) is 6.37. The molecule has 4 nitrogen and oxygen atoms in total. The van der Waals surface area contributed by atoms with Crippen LogP contribution in [0.4, 0.5) is 0 Å². The molecule has 0 saturated carbocycles. The molecule has 0 radical (unpaired) electrons. The summed E-state index contributed by atoms with van der Waals surface area (Å²) in [6.07, 6.45) is 1.96. The summed E-state index contributed by atoms with van der Waals surface area (Å²) >= 11 is 12.4. The smallest absolute Gasteiger partial charge is 0.356 e. The molecule has 138 valence electrons. The number of aryl methyl sites for hydroxylation is 1. The van der Waals surface area contributed by atoms with Crippen LogP contribution in [0.15, 0.2) is 42.5 Å². The summed E-state index contributed by atoms with van der Waals surface area (Å²) < 4.78 is 1.60. The van der Waals surface area contributed by atoms with Crippen LogP contribution in [-0.2, 0) is 0 Å². The molecular formula is C21H18Cl2N2O2. The summed E-state index contributed by atoms with van der Waals surface area (Å²) in [6.45, 7) is 5.62. The average molecular weight is 401 g/mol. The molecule has 0 atom stereocenters. The molecular weight excluding hydrogens is 383 g/mol. The highest BCUT2D eigenvalue weighted by molar-refractivity contribution is 6.32. The maximum Gasteiger partial charge on any atom is 0.356 e. The van der Waals surface area contributed by atoms with Gasteiger partial charge < -0.3 is 5.11 Å². The highest BCUT2D eigenvalue weighted by Gasteiger charge is 2.22. The fourth-order valence-electron chi connectivity index (χ4n) is 3.00. The molecule has 0 bridgehead atoms. The van der Waals surface area contributed by atoms with Gasteiger partial charge >= 0.3 is 5.97 Å². The molecule has 1 N–H and O–H groups in total. The molecule has 1 heterocycles. The number of nitrogens with zero attached hydrogens (tertiary/aromatic N) is 2. The number of halogens is 2. The van der Waals surface area contributed by atoms with Crippen molar-refractivity contribution in [3.8, 4) is 5.69 Å². The summed E-state index contributed by atoms with van der Waals surface area (Å²) in [6, 6.07) is 13.0. The third-order valence-corrected chi connectivity index (χ3v) is 4.84. The minimum atomic E-state index is -1.07. The number of hydrogen-bond donors (Lipinski definition) is 1. The first-order chi connectivity index (χ1) is 12.8. The number of carboxylic acids is 1. The van der Waals surface area contributed by atoms with E-state index in [0.717, 1.165) is 16.7 Å². The molecule has 0 aliphatic carbocycles. The van der Waals surface area contributed by atoms with Crippen LogP contribution in [0.2, 0.25) is 10.0 Å². The van der Waals surface area contributed by atoms with E-state index in [1.807, 2.05) is 62.4 Å². The number of rotatable bonds is 4. The molecule has 3 aromatic rings. The molecule has 6 heteroatoms. The first-order valence-corrected chi connectivity index (χ1v) is 9.07. The molecule has 1 aromatic heterocycles. The van der Waals surface area contributed by atoms with E-state index >= 15 is 0 Å². The van der Waals surface area contributed by atoms with Crippen molar-refractivity contribution in [2.75, 3.05) is 0 Å². The van der Waals surface area contributed by atoms with Gasteiger partial charge in [-0.1, -0.05) is 41.4 Å². The van der Waals surface area contributed by atoms with Crippen molar-refractivity contribution in [2.45, 2.75) is 20.8 Å². The van der Waals surface area contributed by atoms with Gasteiger partial charge in [-0.05, 0) is 67.8 Å². The van der Waals surface area contributed by atoms with E-state index in [-0.39, 0.29) is 5.69 Å². The summed E-state index contributed by atoms with van der Waals surface area (Å²) in [5, 5.41) is 15.0. The molecule has 0 saturated heterocycles. The Bertz CT molecular complexity index is 1050. The second kappa shape index (κ2) is 7.59. The van der Waals surface area contributed by atoms with Crippen LogP contribution in [0.3, 0.4) is 0 Å². The lowest BCUT2D eigenvalue weighted by Crippen LogP contribution is -2.04. The van der Waals surface area contributed by atoms with Crippen molar-refractivity contribution < 1.29 is 9.90 Å². The Morgan fingerprint density at radius 3 is 2.37 bits per heavy atom. The number of carbonyl (C=O) groups is 1. The van der Waals surface area contributed by atoms with E-state index in [0.29, 0.717) is 27.0 Å². The van der Waals surface area contributed by atoms with E-state index < -0.39 is 5.97 Å². The zero-order valence-electron chi connectivity index (χ0n) is 15.1. The van der Waals surface area contributed by atoms with Crippen LogP contribution in [0.25, 0.3) is 17.3 Å². The maximum atomic E-state index is 11.6. The summed E-state index contributed by atoms with van der Waals surface area (Å²) in [5.74, 6) is -1.07. The second-order valence-corrected chi connectivity index (χ2v) is 7.22. The minimum Gasteiger partial charge on any atom is -0.476 e. The lowest BCUT2D eigenvalue weighted by molar-refractivity contribution is 0.0689. The van der Waals surface area contributed by atoms with Gasteiger partial charge in [-0.2, -0.15) is 5.10 Å². The van der Waals surface area contributed by atoms with Crippen molar-refractivity contribution in [2.24, 2.45) is 0 Å². The number of aromatic carboxylic acids is 1. The number of benzene rings is 2. The molecule has 0 aliphatic heterocycles. The highest BCUT2D eigenvalue weighted by atomic mass is 35.5. The van der Waals surface area contributed by atoms with Crippen LogP contribution < -0.4 is 0 Å². The van der Waals surface area contributed by atoms with Crippen LogP contribution >= 0.6 is 23.2 Å². The van der Waals surface area contributed by atoms with E-state index in [1.165, 1.54) is 0 Å². The third-order valence-electron chi connectivity index (χ3n) is 4.28. The minimum absolute atomic E-state index is 0.00509. The first-order valence-electron chi connectivity index (χ1n) is 8.31. The zero-order valence-corrected chi connectivity index (χ0v) is 16.6. The van der Waals surface area contributed by atoms with Crippen LogP contribution in [0.5, 0.6) is 0 Å². The highest BCUT2D eigenvalue weighted by Crippen LogP contribution is 2.30. The SMILES string of the molecule is C/C(=C\c1ccc(Cl)cc1)c1c(C)c(C(=O)O)nn1-c1ccc(C)cc1Cl. The predicted molar refractivity (Wildman–Crippen MR) is 110 cm³/mol. The molecule has 0 amide bonds. The van der Waals surface area contributed by atoms with Gasteiger partial charge in [-0.25, -0.2) is 9.48 Å². The van der Waals surface area contributed by atoms with Crippen molar-refractivity contribution in [3.63, 3.8) is 0 Å². The number of allylic oxidation sites excluding steroid dienone is 1. The van der Waals surface area contributed by atoms with E-state index in [9.17, 15) is 9.90 Å². The largest absolute Gasteiger partial charge is 0.476 e. The Morgan fingerprint density at radius 1 is 1.11 bits per heavy atom. The monoisotopic (exact) mass is 400 g/mol. The van der Waals surface area contributed by atoms with Gasteiger partial charge in [-0.15, -0.1) is 0 Å². The van der Waals surface area contributed by atoms with Crippen molar-refractivity contribution in [3.05, 3.63) is 80.6 Å². The van der Waals surface area contributed by atoms with Gasteiger partial charge in [0, 0.05) is 10.6 Å². The molecule has 0 fully saturated rings. The van der Waals surface area contributed by atoms with E-state index in [1.54, 1.807) is 11.6 Å². The van der Waals surface area contributed by atoms with Gasteiger partial charge in [0.15, 0.2) is 5.69 Å². The fourth-order valence-corrected chi connectivity index (χ4v) is 3.44. The van der Waals surface area contributed by atoms with Gasteiger partial charge in [-0.3, -0.25) is 0 Å². The van der Waals surface area contributed by atoms with Gasteiger partial charge in [0.2, 0.25) is 0 Å². The zero-order chi connectivity index (χ0) is 19.7. The third kappa shape index (κ3) is 3.92. The van der Waals surface area contributed by atoms with Crippen LogP contribution in [-0.4, -0.2) is 20.9 Å². The number of hydrogen-bond acceptors (Lipinski definition) is 2. The molecule has 0 aliphatic rings. The fraction of sp³-hybridized carbons (Fsp3) is 0.143. The lowest BCUT2D eigenvalue weighted by atomic mass is 10.0. The van der Waals surface area contributed by atoms with Crippen molar-refractivity contribution in [1.29, 1.82) is 0 Å². The topological polar surface area (TPSA) is 55.1 Å². The van der Waals surface area contributed by atoms with E-state index in [2.05, 4.69) is 5.10 Å². The first kappa shape index (κ1) is 19.2. The Labute approximate surface area is 167 Å². The summed E-state index contributed by atoms with van der Waals surface area (Å²) in [5.41, 5.74) is 4.76. The average Bonchev–Trinajstić information content (AvgIpc) is 2.94. The quantitative estimate of drug-likeness (QED) is 0.579. The molecule has 27 heavy (non-hydrogen) atoms. The van der Waals surface area contributed by atoms with Gasteiger partial charge in [0.1, 0.15) is 0 Å². The summed E-state index contributed by atoms with van der Waals surface area (Å²) in [4.78, 5) is 11.6. The van der Waals surface area contributed by atoms with Crippen LogP contribution in [0.1, 0.15) is 39.8 Å². The molecule has 0 spiro atoms. The van der Waals surface area contributed by atoms with E-state index in [4.69, 9.17) is 23.2 Å². The van der Waals surface area contributed by atoms with Crippen molar-refractivity contribution in [1.82, 2.24) is 9.78 Å². The Hall–Kier alpha value is -2.56. The normalized spacial score (nSPS) is 11.7. The number of carboxylic acid groups (broad SMARTS) is 1. The Kier molecular flexibility index (Phi) is 5.40. The Balaban J connectivity index is 2.21. The van der Waals surface area contributed by atoms with Gasteiger partial charge in [0.25, 0.3) is 0 Å². The number of aromatic nitrogens is 2. The molecule has 2 aromatic carbocycles. The van der Waals surface area contributed by atoms with Crippen molar-refractivity contribution >= 4 is 40.8 Å². The Morgan fingerprint density at radius 2 is 1.78 bits per heavy atom. The standard InChI is InChI=1S/C21H18Cl2N2O2/c1-12-4-9-18(17(23)10-12)25-20(14(3)19(24-25)21(26)27)13(2)11-15-5-7-16(22)8-6-15/h4-11H,1-3H3,(H,26,27)/b13-11+. The predicted octanol–water partition coefficient (Wildman–Crippen LogP) is 6.05. The molecule has 3 rings (SSSR count). The van der Waals surface area contributed by atoms with Gasteiger partial charge in [0.05, 0.1) is 16.4 Å². The summed E-state index contributed by atoms with van der Waals surface area (Å²) in [7, 11) is 0. The maximum absolute atomic E-state index is 11.6.